The summed E-state index contributed by atoms with van der Waals surface area (Å²) in [6.07, 6.45) is 3.71. The average molecular weight is 274 g/mol. The number of aryl methyl sites for hydroxylation is 2. The van der Waals surface area contributed by atoms with Gasteiger partial charge in [0, 0.05) is 29.6 Å². The summed E-state index contributed by atoms with van der Waals surface area (Å²) in [5, 5.41) is 17.3. The summed E-state index contributed by atoms with van der Waals surface area (Å²) < 4.78 is 1.91. The van der Waals surface area contributed by atoms with Crippen LogP contribution >= 0.6 is 0 Å². The highest BCUT2D eigenvalue weighted by Gasteiger charge is 2.27. The molecule has 1 unspecified atom stereocenters. The summed E-state index contributed by atoms with van der Waals surface area (Å²) in [5.74, 6) is 0.608. The molecule has 2 aromatic rings. The molecule has 20 heavy (non-hydrogen) atoms. The minimum Gasteiger partial charge on any atom is -0.393 e. The van der Waals surface area contributed by atoms with Gasteiger partial charge in [-0.15, -0.1) is 0 Å². The van der Waals surface area contributed by atoms with Crippen LogP contribution in [0.4, 0.5) is 0 Å². The third-order valence-electron chi connectivity index (χ3n) is 4.27. The molecule has 0 aliphatic heterocycles. The molecule has 1 atom stereocenters. The zero-order valence-electron chi connectivity index (χ0n) is 12.3. The molecular formula is C15H22N4O. The van der Waals surface area contributed by atoms with E-state index in [0.29, 0.717) is 5.92 Å². The first kappa shape index (κ1) is 13.5. The first-order valence-corrected chi connectivity index (χ1v) is 7.28. The molecule has 5 heteroatoms. The highest BCUT2D eigenvalue weighted by atomic mass is 16.3. The summed E-state index contributed by atoms with van der Waals surface area (Å²) in [4.78, 5) is 4.48. The third-order valence-corrected chi connectivity index (χ3v) is 4.27. The molecule has 0 radical (unpaired) electrons. The molecule has 1 aliphatic carbocycles. The van der Waals surface area contributed by atoms with Crippen LogP contribution in [0.5, 0.6) is 0 Å². The van der Waals surface area contributed by atoms with E-state index in [9.17, 15) is 5.11 Å². The molecule has 1 fully saturated rings. The van der Waals surface area contributed by atoms with E-state index in [0.717, 1.165) is 36.4 Å². The van der Waals surface area contributed by atoms with Gasteiger partial charge in [-0.1, -0.05) is 0 Å². The number of rotatable bonds is 4. The lowest BCUT2D eigenvalue weighted by atomic mass is 9.82. The van der Waals surface area contributed by atoms with Crippen molar-refractivity contribution < 1.29 is 5.11 Å². The van der Waals surface area contributed by atoms with Crippen LogP contribution < -0.4 is 5.32 Å². The average Bonchev–Trinajstić information content (AvgIpc) is 2.75. The summed E-state index contributed by atoms with van der Waals surface area (Å²) in [6, 6.07) is 2.24. The summed E-state index contributed by atoms with van der Waals surface area (Å²) in [5.41, 5.74) is 4.21. The van der Waals surface area contributed by atoms with Gasteiger partial charge in [0.15, 0.2) is 5.65 Å². The van der Waals surface area contributed by atoms with Gasteiger partial charge in [0.1, 0.15) is 0 Å². The Bertz CT molecular complexity index is 616. The van der Waals surface area contributed by atoms with E-state index < -0.39 is 0 Å². The number of fused-ring (bicyclic) bond motifs is 1. The maximum atomic E-state index is 9.32. The molecule has 0 spiro atoms. The van der Waals surface area contributed by atoms with Crippen molar-refractivity contribution in [3.8, 4) is 0 Å². The van der Waals surface area contributed by atoms with Crippen LogP contribution in [0.2, 0.25) is 0 Å². The van der Waals surface area contributed by atoms with Crippen LogP contribution in [0.15, 0.2) is 12.3 Å². The minimum absolute atomic E-state index is 0.0797. The second kappa shape index (κ2) is 5.14. The zero-order chi connectivity index (χ0) is 14.3. The molecule has 108 valence electrons. The quantitative estimate of drug-likeness (QED) is 0.892. The van der Waals surface area contributed by atoms with Gasteiger partial charge in [0.25, 0.3) is 0 Å². The van der Waals surface area contributed by atoms with Gasteiger partial charge in [-0.05, 0) is 46.1 Å². The van der Waals surface area contributed by atoms with Crippen molar-refractivity contribution in [3.05, 3.63) is 29.2 Å². The fraction of sp³-hybridized carbons (Fsp3) is 0.600. The SMILES string of the molecule is Cc1cc2ncc(C(C)NCC3CC(O)C3)c(C)n2n1. The molecule has 0 saturated heterocycles. The third kappa shape index (κ3) is 2.43. The van der Waals surface area contributed by atoms with Crippen LogP contribution in [0, 0.1) is 19.8 Å². The molecular weight excluding hydrogens is 252 g/mol. The van der Waals surface area contributed by atoms with Gasteiger partial charge < -0.3 is 10.4 Å². The lowest BCUT2D eigenvalue weighted by molar-refractivity contribution is 0.0420. The highest BCUT2D eigenvalue weighted by Crippen LogP contribution is 2.27. The van der Waals surface area contributed by atoms with E-state index in [1.807, 2.05) is 23.7 Å². The van der Waals surface area contributed by atoms with Gasteiger partial charge in [-0.25, -0.2) is 9.50 Å². The number of nitrogens with one attached hydrogen (secondary N) is 1. The maximum Gasteiger partial charge on any atom is 0.155 e. The molecule has 2 aromatic heterocycles. The largest absolute Gasteiger partial charge is 0.393 e. The lowest BCUT2D eigenvalue weighted by Crippen LogP contribution is -2.37. The Labute approximate surface area is 119 Å². The fourth-order valence-electron chi connectivity index (χ4n) is 2.92. The standard InChI is InChI=1S/C15H22N4O/c1-9-4-15-17-8-14(11(3)19(15)18-9)10(2)16-7-12-5-13(20)6-12/h4,8,10,12-13,16,20H,5-7H2,1-3H3. The minimum atomic E-state index is -0.0797. The Hall–Kier alpha value is -1.46. The van der Waals surface area contributed by atoms with Gasteiger partial charge in [-0.3, -0.25) is 0 Å². The predicted octanol–water partition coefficient (Wildman–Crippen LogP) is 1.77. The van der Waals surface area contributed by atoms with Gasteiger partial charge in [0.05, 0.1) is 11.8 Å². The van der Waals surface area contributed by atoms with Crippen LogP contribution in [0.3, 0.4) is 0 Å². The molecule has 0 amide bonds. The number of hydrogen-bond acceptors (Lipinski definition) is 4. The van der Waals surface area contributed by atoms with E-state index in [1.165, 1.54) is 5.56 Å². The highest BCUT2D eigenvalue weighted by molar-refractivity contribution is 5.42. The van der Waals surface area contributed by atoms with Crippen molar-refractivity contribution in [2.75, 3.05) is 6.54 Å². The van der Waals surface area contributed by atoms with Gasteiger partial charge >= 0.3 is 0 Å². The van der Waals surface area contributed by atoms with Crippen molar-refractivity contribution in [1.29, 1.82) is 0 Å². The topological polar surface area (TPSA) is 62.5 Å². The van der Waals surface area contributed by atoms with E-state index in [1.54, 1.807) is 0 Å². The molecule has 1 saturated carbocycles. The second-order valence-corrected chi connectivity index (χ2v) is 5.98. The summed E-state index contributed by atoms with van der Waals surface area (Å²) >= 11 is 0. The Balaban J connectivity index is 1.73. The molecule has 0 aromatic carbocycles. The van der Waals surface area contributed by atoms with Crippen LogP contribution in [0.25, 0.3) is 5.65 Å². The van der Waals surface area contributed by atoms with E-state index in [4.69, 9.17) is 0 Å². The van der Waals surface area contributed by atoms with Crippen LogP contribution in [-0.4, -0.2) is 32.4 Å². The van der Waals surface area contributed by atoms with Crippen molar-refractivity contribution in [2.24, 2.45) is 5.92 Å². The lowest BCUT2D eigenvalue weighted by Gasteiger charge is -2.32. The summed E-state index contributed by atoms with van der Waals surface area (Å²) in [7, 11) is 0. The Morgan fingerprint density at radius 2 is 2.20 bits per heavy atom. The maximum absolute atomic E-state index is 9.32. The number of nitrogens with zero attached hydrogens (tertiary/aromatic N) is 3. The smallest absolute Gasteiger partial charge is 0.155 e. The molecule has 2 N–H and O–H groups in total. The van der Waals surface area contributed by atoms with Crippen molar-refractivity contribution in [1.82, 2.24) is 19.9 Å². The Morgan fingerprint density at radius 1 is 1.45 bits per heavy atom. The number of hydrogen-bond donors (Lipinski definition) is 2. The van der Waals surface area contributed by atoms with Crippen LogP contribution in [-0.2, 0) is 0 Å². The van der Waals surface area contributed by atoms with Gasteiger partial charge in [-0.2, -0.15) is 5.10 Å². The van der Waals surface area contributed by atoms with E-state index >= 15 is 0 Å². The molecule has 2 heterocycles. The normalized spacial score (nSPS) is 23.8. The predicted molar refractivity (Wildman–Crippen MR) is 77.6 cm³/mol. The Kier molecular flexibility index (Phi) is 3.48. The first-order valence-electron chi connectivity index (χ1n) is 7.28. The zero-order valence-corrected chi connectivity index (χ0v) is 12.3. The molecule has 5 nitrogen and oxygen atoms in total. The van der Waals surface area contributed by atoms with Crippen molar-refractivity contribution in [3.63, 3.8) is 0 Å². The number of aliphatic hydroxyl groups excluding tert-OH is 1. The molecule has 3 rings (SSSR count). The second-order valence-electron chi connectivity index (χ2n) is 5.98. The first-order chi connectivity index (χ1) is 9.54. The van der Waals surface area contributed by atoms with E-state index in [-0.39, 0.29) is 12.1 Å². The molecule has 1 aliphatic rings. The number of aromatic nitrogens is 3. The fourth-order valence-corrected chi connectivity index (χ4v) is 2.92. The monoisotopic (exact) mass is 274 g/mol. The van der Waals surface area contributed by atoms with E-state index in [2.05, 4.69) is 29.2 Å². The van der Waals surface area contributed by atoms with Crippen LogP contribution in [0.1, 0.15) is 42.8 Å². The number of aliphatic hydroxyl groups is 1. The summed E-state index contributed by atoms with van der Waals surface area (Å²) in [6.45, 7) is 7.17. The van der Waals surface area contributed by atoms with Gasteiger partial charge in [0.2, 0.25) is 0 Å². The van der Waals surface area contributed by atoms with Crippen molar-refractivity contribution >= 4 is 5.65 Å². The molecule has 0 bridgehead atoms. The van der Waals surface area contributed by atoms with Crippen molar-refractivity contribution in [2.45, 2.75) is 45.8 Å². The Morgan fingerprint density at radius 3 is 2.90 bits per heavy atom.